The molecular formula is C14H30O2. The first kappa shape index (κ1) is 15.9. The lowest BCUT2D eigenvalue weighted by Crippen LogP contribution is -2.03. The number of hydrogen-bond acceptors (Lipinski definition) is 2. The van der Waals surface area contributed by atoms with Crippen molar-refractivity contribution in [2.75, 3.05) is 26.4 Å². The van der Waals surface area contributed by atoms with Crippen LogP contribution in [-0.4, -0.2) is 26.4 Å². The van der Waals surface area contributed by atoms with E-state index >= 15 is 0 Å². The van der Waals surface area contributed by atoms with Gasteiger partial charge in [-0.05, 0) is 19.3 Å². The summed E-state index contributed by atoms with van der Waals surface area (Å²) in [5, 5.41) is 0. The first-order valence-corrected chi connectivity index (χ1v) is 7.07. The van der Waals surface area contributed by atoms with E-state index in [0.717, 1.165) is 32.8 Å². The second-order valence-electron chi connectivity index (χ2n) is 4.35. The zero-order valence-corrected chi connectivity index (χ0v) is 11.3. The Kier molecular flexibility index (Phi) is 14.8. The van der Waals surface area contributed by atoms with Crippen LogP contribution in [0, 0.1) is 0 Å². The van der Waals surface area contributed by atoms with Gasteiger partial charge in [0.15, 0.2) is 0 Å². The van der Waals surface area contributed by atoms with Gasteiger partial charge < -0.3 is 9.47 Å². The SMILES string of the molecule is CCCCCCOCCCOCCCCC. The van der Waals surface area contributed by atoms with Crippen LogP contribution in [0.4, 0.5) is 0 Å². The Morgan fingerprint density at radius 2 is 0.938 bits per heavy atom. The molecule has 2 heteroatoms. The minimum absolute atomic E-state index is 0.860. The molecule has 2 nitrogen and oxygen atoms in total. The lowest BCUT2D eigenvalue weighted by Gasteiger charge is -2.05. The predicted molar refractivity (Wildman–Crippen MR) is 69.9 cm³/mol. The Morgan fingerprint density at radius 3 is 1.50 bits per heavy atom. The van der Waals surface area contributed by atoms with Gasteiger partial charge in [-0.15, -0.1) is 0 Å². The largest absolute Gasteiger partial charge is 0.381 e. The standard InChI is InChI=1S/C14H30O2/c1-3-5-7-9-12-16-14-10-13-15-11-8-6-4-2/h3-14H2,1-2H3. The summed E-state index contributed by atoms with van der Waals surface area (Å²) in [4.78, 5) is 0. The van der Waals surface area contributed by atoms with Gasteiger partial charge in [-0.25, -0.2) is 0 Å². The molecule has 0 saturated carbocycles. The topological polar surface area (TPSA) is 18.5 Å². The Hall–Kier alpha value is -0.0800. The molecular weight excluding hydrogens is 200 g/mol. The third-order valence-electron chi connectivity index (χ3n) is 2.61. The third-order valence-corrected chi connectivity index (χ3v) is 2.61. The van der Waals surface area contributed by atoms with Crippen molar-refractivity contribution in [3.8, 4) is 0 Å². The molecule has 0 aromatic carbocycles. The van der Waals surface area contributed by atoms with Crippen molar-refractivity contribution in [2.24, 2.45) is 0 Å². The van der Waals surface area contributed by atoms with E-state index < -0.39 is 0 Å². The van der Waals surface area contributed by atoms with Gasteiger partial charge in [0.1, 0.15) is 0 Å². The van der Waals surface area contributed by atoms with Crippen LogP contribution in [0.15, 0.2) is 0 Å². The molecule has 0 rings (SSSR count). The van der Waals surface area contributed by atoms with E-state index in [1.807, 2.05) is 0 Å². The molecule has 0 N–H and O–H groups in total. The van der Waals surface area contributed by atoms with E-state index in [4.69, 9.17) is 9.47 Å². The van der Waals surface area contributed by atoms with Crippen molar-refractivity contribution < 1.29 is 9.47 Å². The Morgan fingerprint density at radius 1 is 0.500 bits per heavy atom. The maximum absolute atomic E-state index is 5.53. The van der Waals surface area contributed by atoms with E-state index in [9.17, 15) is 0 Å². The minimum Gasteiger partial charge on any atom is -0.381 e. The molecule has 98 valence electrons. The summed E-state index contributed by atoms with van der Waals surface area (Å²) >= 11 is 0. The highest BCUT2D eigenvalue weighted by atomic mass is 16.5. The van der Waals surface area contributed by atoms with Crippen molar-refractivity contribution in [3.05, 3.63) is 0 Å². The first-order valence-electron chi connectivity index (χ1n) is 7.07. The average molecular weight is 230 g/mol. The molecule has 0 atom stereocenters. The fourth-order valence-corrected chi connectivity index (χ4v) is 1.55. The molecule has 0 spiro atoms. The highest BCUT2D eigenvalue weighted by molar-refractivity contribution is 4.41. The van der Waals surface area contributed by atoms with Crippen LogP contribution in [0.5, 0.6) is 0 Å². The second kappa shape index (κ2) is 14.9. The number of rotatable bonds is 13. The highest BCUT2D eigenvalue weighted by Crippen LogP contribution is 1.99. The smallest absolute Gasteiger partial charge is 0.0487 e. The highest BCUT2D eigenvalue weighted by Gasteiger charge is 1.91. The van der Waals surface area contributed by atoms with Crippen molar-refractivity contribution >= 4 is 0 Å². The number of hydrogen-bond donors (Lipinski definition) is 0. The fourth-order valence-electron chi connectivity index (χ4n) is 1.55. The van der Waals surface area contributed by atoms with E-state index in [2.05, 4.69) is 13.8 Å². The van der Waals surface area contributed by atoms with Crippen LogP contribution < -0.4 is 0 Å². The normalized spacial score (nSPS) is 10.9. The predicted octanol–water partition coefficient (Wildman–Crippen LogP) is 4.18. The summed E-state index contributed by atoms with van der Waals surface area (Å²) in [6, 6.07) is 0. The maximum atomic E-state index is 5.53. The van der Waals surface area contributed by atoms with Crippen LogP contribution in [-0.2, 0) is 9.47 Å². The summed E-state index contributed by atoms with van der Waals surface area (Å²) in [7, 11) is 0. The Balaban J connectivity index is 2.83. The lowest BCUT2D eigenvalue weighted by atomic mass is 10.2. The molecule has 0 unspecified atom stereocenters. The molecule has 0 aromatic heterocycles. The van der Waals surface area contributed by atoms with Gasteiger partial charge in [0.05, 0.1) is 0 Å². The minimum atomic E-state index is 0.860. The number of unbranched alkanes of at least 4 members (excludes halogenated alkanes) is 5. The zero-order valence-electron chi connectivity index (χ0n) is 11.3. The molecule has 0 aromatic rings. The van der Waals surface area contributed by atoms with E-state index in [1.165, 1.54) is 44.9 Å². The lowest BCUT2D eigenvalue weighted by molar-refractivity contribution is 0.0796. The van der Waals surface area contributed by atoms with Gasteiger partial charge in [-0.1, -0.05) is 46.0 Å². The van der Waals surface area contributed by atoms with Crippen LogP contribution in [0.25, 0.3) is 0 Å². The molecule has 0 fully saturated rings. The molecule has 16 heavy (non-hydrogen) atoms. The third kappa shape index (κ3) is 13.9. The van der Waals surface area contributed by atoms with Crippen molar-refractivity contribution in [2.45, 2.75) is 65.2 Å². The van der Waals surface area contributed by atoms with Gasteiger partial charge in [-0.2, -0.15) is 0 Å². The van der Waals surface area contributed by atoms with E-state index in [1.54, 1.807) is 0 Å². The van der Waals surface area contributed by atoms with E-state index in [-0.39, 0.29) is 0 Å². The average Bonchev–Trinajstić information content (AvgIpc) is 2.31. The van der Waals surface area contributed by atoms with Crippen LogP contribution in [0.3, 0.4) is 0 Å². The van der Waals surface area contributed by atoms with Crippen molar-refractivity contribution in [3.63, 3.8) is 0 Å². The number of ether oxygens (including phenoxy) is 2. The van der Waals surface area contributed by atoms with E-state index in [0.29, 0.717) is 0 Å². The Labute approximate surface area is 102 Å². The fraction of sp³-hybridized carbons (Fsp3) is 1.00. The summed E-state index contributed by atoms with van der Waals surface area (Å²) in [6.07, 6.45) is 9.96. The molecule has 0 aliphatic carbocycles. The molecule has 0 bridgehead atoms. The molecule has 0 saturated heterocycles. The molecule has 0 radical (unpaired) electrons. The zero-order chi connectivity index (χ0) is 11.9. The van der Waals surface area contributed by atoms with Crippen LogP contribution >= 0.6 is 0 Å². The molecule has 0 amide bonds. The van der Waals surface area contributed by atoms with Gasteiger partial charge in [0.2, 0.25) is 0 Å². The maximum Gasteiger partial charge on any atom is 0.0487 e. The quantitative estimate of drug-likeness (QED) is 0.442. The van der Waals surface area contributed by atoms with Gasteiger partial charge in [-0.3, -0.25) is 0 Å². The van der Waals surface area contributed by atoms with Gasteiger partial charge >= 0.3 is 0 Å². The summed E-state index contributed by atoms with van der Waals surface area (Å²) in [6.45, 7) is 8.02. The summed E-state index contributed by atoms with van der Waals surface area (Å²) in [5.41, 5.74) is 0. The second-order valence-corrected chi connectivity index (χ2v) is 4.35. The van der Waals surface area contributed by atoms with Crippen molar-refractivity contribution in [1.82, 2.24) is 0 Å². The molecule has 0 aliphatic heterocycles. The van der Waals surface area contributed by atoms with Gasteiger partial charge in [0, 0.05) is 26.4 Å². The summed E-state index contributed by atoms with van der Waals surface area (Å²) < 4.78 is 11.0. The Bertz CT molecular complexity index is 101. The molecule has 0 heterocycles. The van der Waals surface area contributed by atoms with Gasteiger partial charge in [0.25, 0.3) is 0 Å². The van der Waals surface area contributed by atoms with Crippen molar-refractivity contribution in [1.29, 1.82) is 0 Å². The summed E-state index contributed by atoms with van der Waals surface area (Å²) in [5.74, 6) is 0. The first-order chi connectivity index (χ1) is 7.91. The molecule has 0 aliphatic rings. The monoisotopic (exact) mass is 230 g/mol. The van der Waals surface area contributed by atoms with Crippen LogP contribution in [0.1, 0.15) is 65.2 Å². The van der Waals surface area contributed by atoms with Crippen LogP contribution in [0.2, 0.25) is 0 Å².